The Morgan fingerprint density at radius 2 is 1.83 bits per heavy atom. The molecule has 1 atom stereocenters. The molecular formula is C17H23N5O. The van der Waals surface area contributed by atoms with Crippen LogP contribution in [0.2, 0.25) is 0 Å². The van der Waals surface area contributed by atoms with Crippen molar-refractivity contribution < 1.29 is 4.79 Å². The minimum Gasteiger partial charge on any atom is -0.367 e. The molecule has 0 saturated heterocycles. The van der Waals surface area contributed by atoms with Gasteiger partial charge in [0.25, 0.3) is 5.91 Å². The molecule has 1 aromatic heterocycles. The van der Waals surface area contributed by atoms with E-state index in [0.29, 0.717) is 18.1 Å². The van der Waals surface area contributed by atoms with Gasteiger partial charge in [-0.1, -0.05) is 29.8 Å². The molecule has 1 unspecified atom stereocenters. The van der Waals surface area contributed by atoms with E-state index in [2.05, 4.69) is 56.9 Å². The summed E-state index contributed by atoms with van der Waals surface area (Å²) in [5.74, 6) is 0.409. The Morgan fingerprint density at radius 3 is 2.35 bits per heavy atom. The van der Waals surface area contributed by atoms with E-state index in [9.17, 15) is 4.79 Å². The summed E-state index contributed by atoms with van der Waals surface area (Å²) in [7, 11) is 5.67. The van der Waals surface area contributed by atoms with Crippen molar-refractivity contribution in [3.8, 4) is 0 Å². The van der Waals surface area contributed by atoms with Crippen molar-refractivity contribution in [2.75, 3.05) is 33.0 Å². The highest BCUT2D eigenvalue weighted by Crippen LogP contribution is 2.19. The molecule has 0 bridgehead atoms. The minimum absolute atomic E-state index is 0.219. The zero-order valence-electron chi connectivity index (χ0n) is 14.0. The average Bonchev–Trinajstić information content (AvgIpc) is 2.56. The Labute approximate surface area is 136 Å². The van der Waals surface area contributed by atoms with Crippen LogP contribution in [0.1, 0.15) is 27.7 Å². The number of nitrogens with zero attached hydrogens (tertiary/aromatic N) is 3. The van der Waals surface area contributed by atoms with Crippen LogP contribution in [0.3, 0.4) is 0 Å². The van der Waals surface area contributed by atoms with E-state index >= 15 is 0 Å². The topological polar surface area (TPSA) is 70.2 Å². The zero-order chi connectivity index (χ0) is 16.8. The van der Waals surface area contributed by atoms with Crippen LogP contribution in [0.4, 0.5) is 5.82 Å². The fraction of sp³-hybridized carbons (Fsp3) is 0.353. The number of nitrogens with one attached hydrogen (secondary N) is 2. The fourth-order valence-corrected chi connectivity index (χ4v) is 2.26. The monoisotopic (exact) mass is 313 g/mol. The number of amides is 1. The number of carbonyl (C=O) groups excluding carboxylic acids is 1. The molecule has 6 heteroatoms. The van der Waals surface area contributed by atoms with Gasteiger partial charge in [0, 0.05) is 13.6 Å². The van der Waals surface area contributed by atoms with Crippen LogP contribution in [0, 0.1) is 6.92 Å². The van der Waals surface area contributed by atoms with Gasteiger partial charge in [-0.3, -0.25) is 4.79 Å². The summed E-state index contributed by atoms with van der Waals surface area (Å²) in [6, 6.07) is 12.2. The summed E-state index contributed by atoms with van der Waals surface area (Å²) in [5, 5.41) is 13.8. The van der Waals surface area contributed by atoms with E-state index in [-0.39, 0.29) is 11.9 Å². The van der Waals surface area contributed by atoms with Crippen LogP contribution in [-0.2, 0) is 0 Å². The maximum absolute atomic E-state index is 11.5. The second-order valence-electron chi connectivity index (χ2n) is 5.65. The molecule has 0 aliphatic rings. The predicted molar refractivity (Wildman–Crippen MR) is 91.5 cm³/mol. The number of aryl methyl sites for hydroxylation is 1. The van der Waals surface area contributed by atoms with Gasteiger partial charge in [-0.2, -0.15) is 0 Å². The Bertz CT molecular complexity index is 637. The Hall–Kier alpha value is -2.47. The summed E-state index contributed by atoms with van der Waals surface area (Å²) in [6.07, 6.45) is 0. The molecule has 2 N–H and O–H groups in total. The molecule has 0 fully saturated rings. The van der Waals surface area contributed by atoms with E-state index in [4.69, 9.17) is 0 Å². The average molecular weight is 313 g/mol. The van der Waals surface area contributed by atoms with Crippen LogP contribution in [0.5, 0.6) is 0 Å². The molecule has 1 amide bonds. The quantitative estimate of drug-likeness (QED) is 0.852. The van der Waals surface area contributed by atoms with Gasteiger partial charge < -0.3 is 15.5 Å². The van der Waals surface area contributed by atoms with Gasteiger partial charge in [-0.15, -0.1) is 10.2 Å². The highest BCUT2D eigenvalue weighted by atomic mass is 16.1. The SMILES string of the molecule is CNC(=O)c1ccc(NCC(c2ccc(C)cc2)N(C)C)nn1. The Kier molecular flexibility index (Phi) is 5.65. The van der Waals surface area contributed by atoms with Crippen molar-refractivity contribution in [3.63, 3.8) is 0 Å². The molecule has 0 radical (unpaired) electrons. The number of hydrogen-bond donors (Lipinski definition) is 2. The largest absolute Gasteiger partial charge is 0.367 e. The van der Waals surface area contributed by atoms with Gasteiger partial charge >= 0.3 is 0 Å². The van der Waals surface area contributed by atoms with Crippen molar-refractivity contribution in [3.05, 3.63) is 53.2 Å². The van der Waals surface area contributed by atoms with E-state index in [0.717, 1.165) is 0 Å². The van der Waals surface area contributed by atoms with Crippen LogP contribution in [-0.4, -0.2) is 48.7 Å². The third kappa shape index (κ3) is 4.50. The second kappa shape index (κ2) is 7.69. The molecular weight excluding hydrogens is 290 g/mol. The van der Waals surface area contributed by atoms with Crippen molar-refractivity contribution in [1.29, 1.82) is 0 Å². The first-order chi connectivity index (χ1) is 11.0. The van der Waals surface area contributed by atoms with Crippen LogP contribution in [0.15, 0.2) is 36.4 Å². The number of hydrogen-bond acceptors (Lipinski definition) is 5. The zero-order valence-corrected chi connectivity index (χ0v) is 14.0. The molecule has 122 valence electrons. The lowest BCUT2D eigenvalue weighted by molar-refractivity contribution is 0.0957. The summed E-state index contributed by atoms with van der Waals surface area (Å²) in [4.78, 5) is 13.6. The number of likely N-dealkylation sites (N-methyl/N-ethyl adjacent to an activating group) is 1. The number of rotatable bonds is 6. The molecule has 1 aromatic carbocycles. The van der Waals surface area contributed by atoms with Gasteiger partial charge in [-0.25, -0.2) is 0 Å². The summed E-state index contributed by atoms with van der Waals surface area (Å²) in [5.41, 5.74) is 2.79. The van der Waals surface area contributed by atoms with E-state index < -0.39 is 0 Å². The highest BCUT2D eigenvalue weighted by molar-refractivity contribution is 5.91. The van der Waals surface area contributed by atoms with Gasteiger partial charge in [0.1, 0.15) is 5.82 Å². The highest BCUT2D eigenvalue weighted by Gasteiger charge is 2.14. The number of aromatic nitrogens is 2. The molecule has 2 rings (SSSR count). The third-order valence-electron chi connectivity index (χ3n) is 3.69. The summed E-state index contributed by atoms with van der Waals surface area (Å²) < 4.78 is 0. The normalized spacial score (nSPS) is 12.0. The van der Waals surface area contributed by atoms with Gasteiger partial charge in [-0.05, 0) is 38.7 Å². The van der Waals surface area contributed by atoms with Crippen molar-refractivity contribution in [2.45, 2.75) is 13.0 Å². The van der Waals surface area contributed by atoms with Crippen molar-refractivity contribution in [2.24, 2.45) is 0 Å². The van der Waals surface area contributed by atoms with Crippen LogP contribution in [0.25, 0.3) is 0 Å². The molecule has 6 nitrogen and oxygen atoms in total. The van der Waals surface area contributed by atoms with Crippen molar-refractivity contribution in [1.82, 2.24) is 20.4 Å². The van der Waals surface area contributed by atoms with Crippen LogP contribution < -0.4 is 10.6 Å². The first kappa shape index (κ1) is 16.9. The molecule has 0 saturated carbocycles. The van der Waals surface area contributed by atoms with E-state index in [1.54, 1.807) is 19.2 Å². The maximum Gasteiger partial charge on any atom is 0.271 e. The lowest BCUT2D eigenvalue weighted by atomic mass is 10.0. The lowest BCUT2D eigenvalue weighted by Crippen LogP contribution is -2.27. The number of benzene rings is 1. The van der Waals surface area contributed by atoms with Crippen molar-refractivity contribution >= 4 is 11.7 Å². The molecule has 0 aliphatic heterocycles. The fourth-order valence-electron chi connectivity index (χ4n) is 2.26. The van der Waals surface area contributed by atoms with Crippen LogP contribution >= 0.6 is 0 Å². The van der Waals surface area contributed by atoms with Gasteiger partial charge in [0.05, 0.1) is 6.04 Å². The maximum atomic E-state index is 11.5. The first-order valence-corrected chi connectivity index (χ1v) is 7.54. The third-order valence-corrected chi connectivity index (χ3v) is 3.69. The summed E-state index contributed by atoms with van der Waals surface area (Å²) >= 11 is 0. The van der Waals surface area contributed by atoms with E-state index in [1.807, 2.05) is 14.1 Å². The standard InChI is InChI=1S/C17H23N5O/c1-12-5-7-13(8-6-12)15(22(3)4)11-19-16-10-9-14(20-21-16)17(23)18-2/h5-10,15H,11H2,1-4H3,(H,18,23)(H,19,21). The molecule has 23 heavy (non-hydrogen) atoms. The Morgan fingerprint density at radius 1 is 1.13 bits per heavy atom. The van der Waals surface area contributed by atoms with E-state index in [1.165, 1.54) is 11.1 Å². The molecule has 0 aliphatic carbocycles. The molecule has 0 spiro atoms. The predicted octanol–water partition coefficient (Wildman–Crippen LogP) is 1.86. The molecule has 1 heterocycles. The smallest absolute Gasteiger partial charge is 0.271 e. The molecule has 2 aromatic rings. The Balaban J connectivity index is 2.04. The minimum atomic E-state index is -0.241. The summed E-state index contributed by atoms with van der Waals surface area (Å²) in [6.45, 7) is 2.78. The number of anilines is 1. The van der Waals surface area contributed by atoms with Gasteiger partial charge in [0.15, 0.2) is 5.69 Å². The lowest BCUT2D eigenvalue weighted by Gasteiger charge is -2.25. The second-order valence-corrected chi connectivity index (χ2v) is 5.65. The first-order valence-electron chi connectivity index (χ1n) is 7.54. The number of carbonyl (C=O) groups is 1. The van der Waals surface area contributed by atoms with Gasteiger partial charge in [0.2, 0.25) is 0 Å².